The molecule has 4 heteroatoms. The Morgan fingerprint density at radius 3 is 2.33 bits per heavy atom. The molecule has 1 fully saturated rings. The second kappa shape index (κ2) is 9.07. The maximum atomic E-state index is 5.84. The van der Waals surface area contributed by atoms with Crippen LogP contribution in [0.1, 0.15) is 56.9 Å². The zero-order valence-electron chi connectivity index (χ0n) is 12.9. The number of ether oxygens (including phenoxy) is 1. The first-order chi connectivity index (χ1) is 10.2. The second-order valence-electron chi connectivity index (χ2n) is 6.08. The predicted molar refractivity (Wildman–Crippen MR) is 95.2 cm³/mol. The molecule has 118 valence electrons. The van der Waals surface area contributed by atoms with Crippen LogP contribution in [0, 0.1) is 5.92 Å². The van der Waals surface area contributed by atoms with Crippen molar-refractivity contribution < 1.29 is 4.74 Å². The van der Waals surface area contributed by atoms with Gasteiger partial charge in [-0.3, -0.25) is 0 Å². The van der Waals surface area contributed by atoms with Gasteiger partial charge in [-0.15, -0.1) is 0 Å². The van der Waals surface area contributed by atoms with Crippen LogP contribution in [0.2, 0.25) is 6.04 Å². The summed E-state index contributed by atoms with van der Waals surface area (Å²) in [5.41, 5.74) is 1.48. The normalized spacial score (nSPS) is 22.5. The van der Waals surface area contributed by atoms with Crippen LogP contribution < -0.4 is 4.74 Å². The van der Waals surface area contributed by atoms with E-state index >= 15 is 0 Å². The van der Waals surface area contributed by atoms with E-state index in [9.17, 15) is 0 Å². The van der Waals surface area contributed by atoms with Gasteiger partial charge in [0.2, 0.25) is 7.42 Å². The first-order valence-corrected chi connectivity index (χ1v) is 12.5. The summed E-state index contributed by atoms with van der Waals surface area (Å²) in [6, 6.07) is 9.62. The van der Waals surface area contributed by atoms with E-state index < -0.39 is 7.42 Å². The highest BCUT2D eigenvalue weighted by Crippen LogP contribution is 2.37. The molecule has 0 bridgehead atoms. The lowest BCUT2D eigenvalue weighted by molar-refractivity contribution is 0.313. The smallest absolute Gasteiger partial charge is 0.237 e. The molecule has 0 amide bonds. The summed E-state index contributed by atoms with van der Waals surface area (Å²) in [7, 11) is -1.47. The molecule has 0 spiro atoms. The number of rotatable bonds is 7. The van der Waals surface area contributed by atoms with Gasteiger partial charge in [0.15, 0.2) is 0 Å². The van der Waals surface area contributed by atoms with Gasteiger partial charge in [0.1, 0.15) is 5.75 Å². The average molecular weight is 345 g/mol. The highest BCUT2D eigenvalue weighted by atomic mass is 35.7. The van der Waals surface area contributed by atoms with Crippen LogP contribution in [0.4, 0.5) is 0 Å². The van der Waals surface area contributed by atoms with Gasteiger partial charge in [0.05, 0.1) is 6.61 Å². The molecule has 1 aromatic carbocycles. The molecule has 0 saturated heterocycles. The van der Waals surface area contributed by atoms with Crippen molar-refractivity contribution in [2.75, 3.05) is 6.61 Å². The SMILES string of the molecule is CC[C@H]1CC[C@H](c2ccc(OCCC[SiH](Cl)Cl)cc2)CC1. The maximum absolute atomic E-state index is 5.84. The summed E-state index contributed by atoms with van der Waals surface area (Å²) in [6.45, 7) is 3.03. The van der Waals surface area contributed by atoms with Crippen LogP contribution in [-0.2, 0) is 0 Å². The van der Waals surface area contributed by atoms with Crippen LogP contribution in [0.3, 0.4) is 0 Å². The van der Waals surface area contributed by atoms with Crippen molar-refractivity contribution in [3.05, 3.63) is 29.8 Å². The minimum atomic E-state index is -1.47. The van der Waals surface area contributed by atoms with Gasteiger partial charge in [-0.05, 0) is 67.7 Å². The zero-order valence-corrected chi connectivity index (χ0v) is 15.5. The third kappa shape index (κ3) is 5.84. The molecular weight excluding hydrogens is 319 g/mol. The van der Waals surface area contributed by atoms with E-state index in [2.05, 4.69) is 31.2 Å². The second-order valence-corrected chi connectivity index (χ2v) is 11.3. The predicted octanol–water partition coefficient (Wildman–Crippen LogP) is 5.84. The largest absolute Gasteiger partial charge is 0.494 e. The first-order valence-electron chi connectivity index (χ1n) is 8.20. The Kier molecular flexibility index (Phi) is 7.42. The van der Waals surface area contributed by atoms with E-state index in [1.165, 1.54) is 37.7 Å². The Balaban J connectivity index is 1.77. The van der Waals surface area contributed by atoms with Gasteiger partial charge in [0, 0.05) is 0 Å². The third-order valence-electron chi connectivity index (χ3n) is 4.61. The molecule has 1 aliphatic rings. The molecular formula is C17H26Cl2OSi. The van der Waals surface area contributed by atoms with Gasteiger partial charge in [0.25, 0.3) is 0 Å². The van der Waals surface area contributed by atoms with E-state index in [-0.39, 0.29) is 0 Å². The van der Waals surface area contributed by atoms with E-state index in [0.29, 0.717) is 6.61 Å². The Morgan fingerprint density at radius 1 is 1.10 bits per heavy atom. The van der Waals surface area contributed by atoms with Crippen LogP contribution >= 0.6 is 22.2 Å². The van der Waals surface area contributed by atoms with E-state index in [4.69, 9.17) is 26.9 Å². The fourth-order valence-corrected chi connectivity index (χ4v) is 4.57. The Hall–Kier alpha value is -0.183. The molecule has 0 unspecified atom stereocenters. The lowest BCUT2D eigenvalue weighted by Crippen LogP contribution is -2.12. The summed E-state index contributed by atoms with van der Waals surface area (Å²) in [5.74, 6) is 2.67. The Labute approximate surface area is 140 Å². The standard InChI is InChI=1S/C17H26Cl2OSi/c1-2-14-4-6-15(7-5-14)16-8-10-17(11-9-16)20-12-3-13-21(18)19/h8-11,14-15,21H,2-7,12-13H2,1H3/t14-,15-. The zero-order chi connectivity index (χ0) is 15.1. The summed E-state index contributed by atoms with van der Waals surface area (Å²) in [4.78, 5) is 0. The fraction of sp³-hybridized carbons (Fsp3) is 0.647. The fourth-order valence-electron chi connectivity index (χ4n) is 3.17. The van der Waals surface area contributed by atoms with Crippen LogP contribution in [-0.4, -0.2) is 14.0 Å². The Bertz CT molecular complexity index is 400. The van der Waals surface area contributed by atoms with Crippen LogP contribution in [0.25, 0.3) is 0 Å². The van der Waals surface area contributed by atoms with Crippen molar-refractivity contribution in [2.24, 2.45) is 5.92 Å². The number of hydrogen-bond acceptors (Lipinski definition) is 1. The molecule has 1 aliphatic carbocycles. The number of halogens is 2. The van der Waals surface area contributed by atoms with Gasteiger partial charge in [-0.25, -0.2) is 0 Å². The number of benzene rings is 1. The van der Waals surface area contributed by atoms with Crippen molar-refractivity contribution >= 4 is 29.6 Å². The molecule has 2 rings (SSSR count). The van der Waals surface area contributed by atoms with Crippen molar-refractivity contribution in [3.63, 3.8) is 0 Å². The minimum absolute atomic E-state index is 0.712. The van der Waals surface area contributed by atoms with Crippen molar-refractivity contribution in [2.45, 2.75) is 57.4 Å². The van der Waals surface area contributed by atoms with E-state index in [1.807, 2.05) is 0 Å². The maximum Gasteiger partial charge on any atom is 0.237 e. The third-order valence-corrected chi connectivity index (χ3v) is 6.77. The van der Waals surface area contributed by atoms with E-state index in [1.54, 1.807) is 0 Å². The quantitative estimate of drug-likeness (QED) is 0.343. The summed E-state index contributed by atoms with van der Waals surface area (Å²) < 4.78 is 5.74. The molecule has 0 radical (unpaired) electrons. The molecule has 0 N–H and O–H groups in total. The molecule has 21 heavy (non-hydrogen) atoms. The highest BCUT2D eigenvalue weighted by Gasteiger charge is 2.21. The van der Waals surface area contributed by atoms with Gasteiger partial charge >= 0.3 is 0 Å². The molecule has 1 aromatic rings. The van der Waals surface area contributed by atoms with Crippen LogP contribution in [0.15, 0.2) is 24.3 Å². The summed E-state index contributed by atoms with van der Waals surface area (Å²) >= 11 is 11.7. The summed E-state index contributed by atoms with van der Waals surface area (Å²) in [5, 5.41) is 0. The minimum Gasteiger partial charge on any atom is -0.494 e. The topological polar surface area (TPSA) is 9.23 Å². The Morgan fingerprint density at radius 2 is 1.76 bits per heavy atom. The molecule has 0 atom stereocenters. The molecule has 0 heterocycles. The molecule has 0 aliphatic heterocycles. The van der Waals surface area contributed by atoms with Crippen LogP contribution in [0.5, 0.6) is 5.75 Å². The monoisotopic (exact) mass is 344 g/mol. The van der Waals surface area contributed by atoms with E-state index in [0.717, 1.165) is 30.1 Å². The highest BCUT2D eigenvalue weighted by molar-refractivity contribution is 7.33. The first kappa shape index (κ1) is 17.2. The molecule has 0 aromatic heterocycles. The lowest BCUT2D eigenvalue weighted by atomic mass is 9.78. The summed E-state index contributed by atoms with van der Waals surface area (Å²) in [6.07, 6.45) is 7.76. The van der Waals surface area contributed by atoms with Crippen molar-refractivity contribution in [1.82, 2.24) is 0 Å². The van der Waals surface area contributed by atoms with Gasteiger partial charge in [-0.2, -0.15) is 22.2 Å². The molecule has 1 nitrogen and oxygen atoms in total. The lowest BCUT2D eigenvalue weighted by Gasteiger charge is -2.28. The van der Waals surface area contributed by atoms with Gasteiger partial charge < -0.3 is 4.74 Å². The van der Waals surface area contributed by atoms with Gasteiger partial charge in [-0.1, -0.05) is 25.5 Å². The molecule has 1 saturated carbocycles. The number of hydrogen-bond donors (Lipinski definition) is 0. The average Bonchev–Trinajstić information content (AvgIpc) is 2.52. The van der Waals surface area contributed by atoms with Crippen molar-refractivity contribution in [3.8, 4) is 5.75 Å². The van der Waals surface area contributed by atoms with Crippen molar-refractivity contribution in [1.29, 1.82) is 0 Å².